The molecule has 0 heterocycles. The van der Waals surface area contributed by atoms with Crippen molar-refractivity contribution in [3.05, 3.63) is 29.8 Å². The number of carboxylic acid groups (broad SMARTS) is 1. The molecule has 24 heavy (non-hydrogen) atoms. The van der Waals surface area contributed by atoms with Crippen molar-refractivity contribution in [3.8, 4) is 0 Å². The normalized spacial score (nSPS) is 21.2. The van der Waals surface area contributed by atoms with E-state index in [4.69, 9.17) is 5.11 Å². The fourth-order valence-electron chi connectivity index (χ4n) is 3.05. The molecule has 0 unspecified atom stereocenters. The van der Waals surface area contributed by atoms with Gasteiger partial charge in [-0.15, -0.1) is 0 Å². The number of amides is 1. The Morgan fingerprint density at radius 2 is 1.79 bits per heavy atom. The quantitative estimate of drug-likeness (QED) is 0.817. The molecule has 0 atom stereocenters. The number of rotatable bonds is 6. The van der Waals surface area contributed by atoms with Crippen LogP contribution in [0.5, 0.6) is 0 Å². The van der Waals surface area contributed by atoms with Gasteiger partial charge in [-0.05, 0) is 44.2 Å². The first-order chi connectivity index (χ1) is 11.3. The van der Waals surface area contributed by atoms with E-state index in [-0.39, 0.29) is 28.2 Å². The van der Waals surface area contributed by atoms with Gasteiger partial charge in [0.2, 0.25) is 0 Å². The third-order valence-corrected chi connectivity index (χ3v) is 6.32. The van der Waals surface area contributed by atoms with Crippen molar-refractivity contribution in [3.63, 3.8) is 0 Å². The number of sulfone groups is 1. The lowest BCUT2D eigenvalue weighted by atomic mass is 9.86. The standard InChI is InChI=1S/C17H23NO5S/c1-2-11-24(22,23)15-6-4-3-5-14(15)16(19)18-13-9-7-12(8-10-13)17(20)21/h3-6,12-13H,2,7-11H2,1H3,(H,18,19)(H,20,21). The van der Waals surface area contributed by atoms with Gasteiger partial charge in [0, 0.05) is 6.04 Å². The minimum atomic E-state index is -3.49. The van der Waals surface area contributed by atoms with E-state index in [2.05, 4.69) is 5.32 Å². The molecule has 2 rings (SSSR count). The summed E-state index contributed by atoms with van der Waals surface area (Å²) in [5.74, 6) is -1.56. The van der Waals surface area contributed by atoms with E-state index in [1.54, 1.807) is 19.1 Å². The van der Waals surface area contributed by atoms with Gasteiger partial charge in [0.05, 0.1) is 22.1 Å². The fraction of sp³-hybridized carbons (Fsp3) is 0.529. The van der Waals surface area contributed by atoms with Crippen LogP contribution in [0.15, 0.2) is 29.2 Å². The van der Waals surface area contributed by atoms with Crippen molar-refractivity contribution in [2.24, 2.45) is 5.92 Å². The smallest absolute Gasteiger partial charge is 0.306 e. The summed E-state index contributed by atoms with van der Waals surface area (Å²) >= 11 is 0. The number of nitrogens with one attached hydrogen (secondary N) is 1. The van der Waals surface area contributed by atoms with Crippen LogP contribution in [0.1, 0.15) is 49.4 Å². The second-order valence-electron chi connectivity index (χ2n) is 6.18. The number of carbonyl (C=O) groups is 2. The van der Waals surface area contributed by atoms with Crippen LogP contribution in [-0.2, 0) is 14.6 Å². The molecule has 0 aliphatic heterocycles. The molecule has 0 bridgehead atoms. The molecule has 6 nitrogen and oxygen atoms in total. The second kappa shape index (κ2) is 7.79. The van der Waals surface area contributed by atoms with Crippen molar-refractivity contribution >= 4 is 21.7 Å². The topological polar surface area (TPSA) is 101 Å². The molecule has 1 fully saturated rings. The van der Waals surface area contributed by atoms with E-state index >= 15 is 0 Å². The maximum atomic E-state index is 12.5. The van der Waals surface area contributed by atoms with Gasteiger partial charge in [0.1, 0.15) is 0 Å². The molecule has 0 aromatic heterocycles. The van der Waals surface area contributed by atoms with Gasteiger partial charge < -0.3 is 10.4 Å². The average molecular weight is 353 g/mol. The minimum Gasteiger partial charge on any atom is -0.481 e. The first-order valence-electron chi connectivity index (χ1n) is 8.20. The highest BCUT2D eigenvalue weighted by Crippen LogP contribution is 2.25. The molecule has 1 aliphatic rings. The molecule has 1 saturated carbocycles. The molecule has 0 spiro atoms. The summed E-state index contributed by atoms with van der Waals surface area (Å²) in [7, 11) is -3.49. The number of aliphatic carboxylic acids is 1. The summed E-state index contributed by atoms with van der Waals surface area (Å²) in [4.78, 5) is 23.5. The van der Waals surface area contributed by atoms with Crippen LogP contribution in [0.2, 0.25) is 0 Å². The number of carbonyl (C=O) groups excluding carboxylic acids is 1. The van der Waals surface area contributed by atoms with Gasteiger partial charge in [-0.25, -0.2) is 8.42 Å². The van der Waals surface area contributed by atoms with Gasteiger partial charge in [0.15, 0.2) is 9.84 Å². The Kier molecular flexibility index (Phi) is 5.99. The Labute approximate surface area is 142 Å². The highest BCUT2D eigenvalue weighted by atomic mass is 32.2. The fourth-order valence-corrected chi connectivity index (χ4v) is 4.59. The molecule has 132 valence electrons. The summed E-state index contributed by atoms with van der Waals surface area (Å²) in [6.45, 7) is 1.78. The third kappa shape index (κ3) is 4.35. The molecule has 1 aromatic carbocycles. The molecule has 2 N–H and O–H groups in total. The first-order valence-corrected chi connectivity index (χ1v) is 9.86. The van der Waals surface area contributed by atoms with Crippen molar-refractivity contribution in [1.29, 1.82) is 0 Å². The molecule has 0 radical (unpaired) electrons. The maximum Gasteiger partial charge on any atom is 0.306 e. The van der Waals surface area contributed by atoms with Crippen LogP contribution in [-0.4, -0.2) is 37.2 Å². The Hall–Kier alpha value is -1.89. The van der Waals surface area contributed by atoms with Crippen molar-refractivity contribution in [1.82, 2.24) is 5.32 Å². The van der Waals surface area contributed by atoms with E-state index < -0.39 is 21.7 Å². The predicted octanol–water partition coefficient (Wildman–Crippen LogP) is 2.24. The zero-order valence-electron chi connectivity index (χ0n) is 13.7. The zero-order valence-corrected chi connectivity index (χ0v) is 14.5. The van der Waals surface area contributed by atoms with Crippen molar-refractivity contribution in [2.45, 2.75) is 50.0 Å². The Balaban J connectivity index is 2.10. The molecular formula is C17H23NO5S. The number of benzene rings is 1. The Morgan fingerprint density at radius 3 is 2.38 bits per heavy atom. The molecule has 1 aromatic rings. The van der Waals surface area contributed by atoms with Gasteiger partial charge >= 0.3 is 5.97 Å². The molecule has 1 aliphatic carbocycles. The largest absolute Gasteiger partial charge is 0.481 e. The van der Waals surface area contributed by atoms with Crippen molar-refractivity contribution in [2.75, 3.05) is 5.75 Å². The third-order valence-electron chi connectivity index (χ3n) is 4.35. The van der Waals surface area contributed by atoms with E-state index in [9.17, 15) is 18.0 Å². The van der Waals surface area contributed by atoms with Gasteiger partial charge in [-0.2, -0.15) is 0 Å². The summed E-state index contributed by atoms with van der Waals surface area (Å²) in [5, 5.41) is 11.9. The van der Waals surface area contributed by atoms with E-state index in [0.29, 0.717) is 32.1 Å². The van der Waals surface area contributed by atoms with E-state index in [1.807, 2.05) is 0 Å². The van der Waals surface area contributed by atoms with E-state index in [1.165, 1.54) is 12.1 Å². The van der Waals surface area contributed by atoms with Crippen LogP contribution in [0.25, 0.3) is 0 Å². The van der Waals surface area contributed by atoms with Crippen LogP contribution < -0.4 is 5.32 Å². The van der Waals surface area contributed by atoms with Crippen LogP contribution in [0.4, 0.5) is 0 Å². The molecule has 1 amide bonds. The lowest BCUT2D eigenvalue weighted by Gasteiger charge is -2.27. The van der Waals surface area contributed by atoms with Gasteiger partial charge in [0.25, 0.3) is 5.91 Å². The molecular weight excluding hydrogens is 330 g/mol. The average Bonchev–Trinajstić information content (AvgIpc) is 2.55. The molecule has 7 heteroatoms. The van der Waals surface area contributed by atoms with Crippen molar-refractivity contribution < 1.29 is 23.1 Å². The summed E-state index contributed by atoms with van der Waals surface area (Å²) in [6.07, 6.45) is 2.71. The highest BCUT2D eigenvalue weighted by molar-refractivity contribution is 7.91. The summed E-state index contributed by atoms with van der Waals surface area (Å²) < 4.78 is 24.6. The number of hydrogen-bond acceptors (Lipinski definition) is 4. The lowest BCUT2D eigenvalue weighted by molar-refractivity contribution is -0.142. The minimum absolute atomic E-state index is 0.00101. The Morgan fingerprint density at radius 1 is 1.17 bits per heavy atom. The Bertz CT molecular complexity index is 705. The highest BCUT2D eigenvalue weighted by Gasteiger charge is 2.28. The lowest BCUT2D eigenvalue weighted by Crippen LogP contribution is -2.39. The first kappa shape index (κ1) is 18.4. The second-order valence-corrected chi connectivity index (χ2v) is 8.25. The van der Waals surface area contributed by atoms with Gasteiger partial charge in [-0.1, -0.05) is 19.1 Å². The SMILES string of the molecule is CCCS(=O)(=O)c1ccccc1C(=O)NC1CCC(C(=O)O)CC1. The summed E-state index contributed by atoms with van der Waals surface area (Å²) in [6, 6.07) is 6.11. The predicted molar refractivity (Wildman–Crippen MR) is 89.6 cm³/mol. The molecule has 0 saturated heterocycles. The number of hydrogen-bond donors (Lipinski definition) is 2. The number of carboxylic acids is 1. The van der Waals surface area contributed by atoms with Crippen LogP contribution in [0.3, 0.4) is 0 Å². The monoisotopic (exact) mass is 353 g/mol. The van der Waals surface area contributed by atoms with Gasteiger partial charge in [-0.3, -0.25) is 9.59 Å². The zero-order chi connectivity index (χ0) is 17.7. The van der Waals surface area contributed by atoms with Crippen LogP contribution in [0, 0.1) is 5.92 Å². The summed E-state index contributed by atoms with van der Waals surface area (Å²) in [5.41, 5.74) is 0.159. The van der Waals surface area contributed by atoms with E-state index in [0.717, 1.165) is 0 Å². The van der Waals surface area contributed by atoms with Crippen LogP contribution >= 0.6 is 0 Å². The maximum absolute atomic E-state index is 12.5.